The number of nitrogens with zero attached hydrogens (tertiary/aromatic N) is 5. The summed E-state index contributed by atoms with van der Waals surface area (Å²) in [5, 5.41) is 2.73. The quantitative estimate of drug-likeness (QED) is 0.841. The van der Waals surface area contributed by atoms with E-state index in [2.05, 4.69) is 19.9 Å². The van der Waals surface area contributed by atoms with Gasteiger partial charge in [-0.15, -0.1) is 11.3 Å². The first-order valence-corrected chi connectivity index (χ1v) is 8.89. The van der Waals surface area contributed by atoms with Gasteiger partial charge >= 0.3 is 0 Å². The van der Waals surface area contributed by atoms with Gasteiger partial charge in [-0.3, -0.25) is 4.79 Å². The number of carbonyl (C=O) groups is 1. The average Bonchev–Trinajstić information content (AvgIpc) is 3.00. The van der Waals surface area contributed by atoms with Crippen LogP contribution in [0.2, 0.25) is 0 Å². The fourth-order valence-electron chi connectivity index (χ4n) is 2.62. The van der Waals surface area contributed by atoms with Crippen LogP contribution in [0.5, 0.6) is 5.88 Å². The van der Waals surface area contributed by atoms with E-state index in [-0.39, 0.29) is 5.91 Å². The second kappa shape index (κ2) is 7.12. The lowest BCUT2D eigenvalue weighted by Gasteiger charge is -2.34. The molecule has 0 aliphatic carbocycles. The molecule has 0 unspecified atom stereocenters. The molecule has 7 nitrogen and oxygen atoms in total. The third kappa shape index (κ3) is 3.64. The van der Waals surface area contributed by atoms with Gasteiger partial charge in [0.05, 0.1) is 11.6 Å². The molecule has 128 valence electrons. The second-order valence-electron chi connectivity index (χ2n) is 5.61. The van der Waals surface area contributed by atoms with Gasteiger partial charge < -0.3 is 14.5 Å². The summed E-state index contributed by atoms with van der Waals surface area (Å²) in [6.07, 6.45) is 0. The zero-order chi connectivity index (χ0) is 17.1. The molecule has 0 saturated carbocycles. The van der Waals surface area contributed by atoms with E-state index in [1.165, 1.54) is 11.3 Å². The van der Waals surface area contributed by atoms with E-state index in [1.807, 2.05) is 37.1 Å². The number of aromatic nitrogens is 3. The first kappa shape index (κ1) is 16.6. The van der Waals surface area contributed by atoms with Crippen molar-refractivity contribution in [2.75, 3.05) is 37.7 Å². The Balaban J connectivity index is 1.65. The minimum Gasteiger partial charge on any atom is -0.478 e. The van der Waals surface area contributed by atoms with E-state index in [4.69, 9.17) is 4.74 Å². The molecule has 0 bridgehead atoms. The highest BCUT2D eigenvalue weighted by atomic mass is 32.1. The van der Waals surface area contributed by atoms with Crippen molar-refractivity contribution < 1.29 is 9.53 Å². The molecule has 3 rings (SSSR count). The van der Waals surface area contributed by atoms with E-state index in [0.717, 1.165) is 10.7 Å². The topological polar surface area (TPSA) is 71.5 Å². The zero-order valence-corrected chi connectivity index (χ0v) is 15.0. The van der Waals surface area contributed by atoms with Crippen molar-refractivity contribution >= 4 is 23.2 Å². The van der Waals surface area contributed by atoms with Crippen LogP contribution in [0.25, 0.3) is 0 Å². The lowest BCUT2D eigenvalue weighted by molar-refractivity contribution is 0.0741. The van der Waals surface area contributed by atoms with E-state index in [0.29, 0.717) is 50.3 Å². The van der Waals surface area contributed by atoms with Crippen molar-refractivity contribution in [3.8, 4) is 5.88 Å². The molecule has 0 aromatic carbocycles. The summed E-state index contributed by atoms with van der Waals surface area (Å²) in [5.41, 5.74) is 1.41. The summed E-state index contributed by atoms with van der Waals surface area (Å²) in [5.74, 6) is 1.26. The summed E-state index contributed by atoms with van der Waals surface area (Å²) >= 11 is 1.50. The van der Waals surface area contributed by atoms with Crippen LogP contribution in [-0.4, -0.2) is 58.5 Å². The van der Waals surface area contributed by atoms with Crippen LogP contribution in [0.15, 0.2) is 11.4 Å². The van der Waals surface area contributed by atoms with Crippen LogP contribution in [0.3, 0.4) is 0 Å². The molecule has 0 spiro atoms. The number of rotatable bonds is 4. The normalized spacial score (nSPS) is 14.8. The Labute approximate surface area is 145 Å². The first-order valence-electron chi connectivity index (χ1n) is 8.01. The van der Waals surface area contributed by atoms with Crippen LogP contribution in [-0.2, 0) is 0 Å². The van der Waals surface area contributed by atoms with E-state index in [9.17, 15) is 4.79 Å². The van der Waals surface area contributed by atoms with E-state index >= 15 is 0 Å². The molecule has 1 aliphatic heterocycles. The monoisotopic (exact) mass is 347 g/mol. The molecule has 2 aromatic heterocycles. The maximum atomic E-state index is 12.4. The number of amides is 1. The molecular formula is C16H21N5O2S. The number of carbonyl (C=O) groups excluding carboxylic acids is 1. The Morgan fingerprint density at radius 3 is 2.58 bits per heavy atom. The Kier molecular flexibility index (Phi) is 4.94. The molecule has 8 heteroatoms. The molecule has 1 aliphatic rings. The smallest absolute Gasteiger partial charge is 0.273 e. The summed E-state index contributed by atoms with van der Waals surface area (Å²) in [7, 11) is 0. The number of hydrogen-bond donors (Lipinski definition) is 0. The van der Waals surface area contributed by atoms with Gasteiger partial charge in [-0.25, -0.2) is 9.97 Å². The highest BCUT2D eigenvalue weighted by molar-refractivity contribution is 7.09. The molecule has 24 heavy (non-hydrogen) atoms. The lowest BCUT2D eigenvalue weighted by Crippen LogP contribution is -2.49. The molecule has 1 saturated heterocycles. The third-order valence-electron chi connectivity index (χ3n) is 3.80. The summed E-state index contributed by atoms with van der Waals surface area (Å²) in [4.78, 5) is 29.6. The van der Waals surface area contributed by atoms with Gasteiger partial charge in [0, 0.05) is 43.3 Å². The lowest BCUT2D eigenvalue weighted by atomic mass is 10.3. The molecule has 0 atom stereocenters. The van der Waals surface area contributed by atoms with Crippen LogP contribution in [0.4, 0.5) is 5.95 Å². The number of piperazine rings is 1. The predicted octanol–water partition coefficient (Wildman–Crippen LogP) is 1.91. The van der Waals surface area contributed by atoms with Crippen LogP contribution in [0, 0.1) is 13.8 Å². The largest absolute Gasteiger partial charge is 0.478 e. The molecule has 2 aromatic rings. The van der Waals surface area contributed by atoms with Crippen molar-refractivity contribution in [1.29, 1.82) is 0 Å². The van der Waals surface area contributed by atoms with E-state index < -0.39 is 0 Å². The van der Waals surface area contributed by atoms with Crippen molar-refractivity contribution in [2.24, 2.45) is 0 Å². The predicted molar refractivity (Wildman–Crippen MR) is 92.9 cm³/mol. The van der Waals surface area contributed by atoms with Gasteiger partial charge in [-0.05, 0) is 20.8 Å². The SMILES string of the molecule is CCOc1cc(C)nc(N2CCN(C(=O)c3csc(C)n3)CC2)n1. The first-order chi connectivity index (χ1) is 11.6. The Morgan fingerprint density at radius 2 is 1.96 bits per heavy atom. The molecule has 0 radical (unpaired) electrons. The number of hydrogen-bond acceptors (Lipinski definition) is 7. The van der Waals surface area contributed by atoms with Gasteiger partial charge in [-0.1, -0.05) is 0 Å². The molecule has 1 amide bonds. The minimum atomic E-state index is -0.000772. The van der Waals surface area contributed by atoms with Gasteiger partial charge in [0.2, 0.25) is 11.8 Å². The zero-order valence-electron chi connectivity index (χ0n) is 14.2. The van der Waals surface area contributed by atoms with Crippen molar-refractivity contribution in [3.63, 3.8) is 0 Å². The van der Waals surface area contributed by atoms with Crippen molar-refractivity contribution in [2.45, 2.75) is 20.8 Å². The fourth-order valence-corrected chi connectivity index (χ4v) is 3.21. The van der Waals surface area contributed by atoms with Gasteiger partial charge in [0.15, 0.2) is 0 Å². The van der Waals surface area contributed by atoms with E-state index in [1.54, 1.807) is 0 Å². The Hall–Kier alpha value is -2.22. The Bertz CT molecular complexity index is 725. The molecule has 0 N–H and O–H groups in total. The number of thiazole rings is 1. The number of ether oxygens (including phenoxy) is 1. The van der Waals surface area contributed by atoms with Crippen LogP contribution < -0.4 is 9.64 Å². The van der Waals surface area contributed by atoms with Crippen LogP contribution in [0.1, 0.15) is 28.1 Å². The highest BCUT2D eigenvalue weighted by Gasteiger charge is 2.25. The molecule has 3 heterocycles. The van der Waals surface area contributed by atoms with Crippen molar-refractivity contribution in [1.82, 2.24) is 19.9 Å². The average molecular weight is 347 g/mol. The molecular weight excluding hydrogens is 326 g/mol. The van der Waals surface area contributed by atoms with Gasteiger partial charge in [0.25, 0.3) is 5.91 Å². The number of anilines is 1. The maximum Gasteiger partial charge on any atom is 0.273 e. The third-order valence-corrected chi connectivity index (χ3v) is 4.57. The van der Waals surface area contributed by atoms with Gasteiger partial charge in [0.1, 0.15) is 5.69 Å². The molecule has 1 fully saturated rings. The Morgan fingerprint density at radius 1 is 1.21 bits per heavy atom. The standard InChI is InChI=1S/C16H21N5O2S/c1-4-23-14-9-11(2)17-16(19-14)21-7-5-20(6-8-21)15(22)13-10-24-12(3)18-13/h9-10H,4-8H2,1-3H3. The summed E-state index contributed by atoms with van der Waals surface area (Å²) in [6.45, 7) is 9.01. The second-order valence-corrected chi connectivity index (χ2v) is 6.67. The maximum absolute atomic E-state index is 12.4. The summed E-state index contributed by atoms with van der Waals surface area (Å²) < 4.78 is 5.49. The fraction of sp³-hybridized carbons (Fsp3) is 0.500. The minimum absolute atomic E-state index is 0.000772. The van der Waals surface area contributed by atoms with Crippen molar-refractivity contribution in [3.05, 3.63) is 27.8 Å². The number of aryl methyl sites for hydroxylation is 2. The van der Waals surface area contributed by atoms with Gasteiger partial charge in [-0.2, -0.15) is 4.98 Å². The summed E-state index contributed by atoms with van der Waals surface area (Å²) in [6, 6.07) is 1.83. The van der Waals surface area contributed by atoms with Crippen LogP contribution >= 0.6 is 11.3 Å². The highest BCUT2D eigenvalue weighted by Crippen LogP contribution is 2.18.